The molecule has 16 heavy (non-hydrogen) atoms. The Labute approximate surface area is 98.9 Å². The molecule has 3 nitrogen and oxygen atoms in total. The molecule has 1 fully saturated rings. The number of alkyl carbamates (subject to hydrolysis) is 1. The molecule has 1 amide bonds. The second kappa shape index (κ2) is 5.07. The average molecular weight is 227 g/mol. The van der Waals surface area contributed by atoms with E-state index in [9.17, 15) is 4.79 Å². The van der Waals surface area contributed by atoms with Gasteiger partial charge in [0.15, 0.2) is 0 Å². The van der Waals surface area contributed by atoms with Crippen molar-refractivity contribution in [2.75, 3.05) is 0 Å². The van der Waals surface area contributed by atoms with Crippen molar-refractivity contribution < 1.29 is 9.53 Å². The van der Waals surface area contributed by atoms with Crippen molar-refractivity contribution in [3.05, 3.63) is 0 Å². The van der Waals surface area contributed by atoms with Gasteiger partial charge < -0.3 is 10.1 Å². The summed E-state index contributed by atoms with van der Waals surface area (Å²) in [6.45, 7) is 10.2. The van der Waals surface area contributed by atoms with Crippen LogP contribution in [0.3, 0.4) is 0 Å². The summed E-state index contributed by atoms with van der Waals surface area (Å²) in [7, 11) is 0. The predicted molar refractivity (Wildman–Crippen MR) is 65.3 cm³/mol. The zero-order valence-electron chi connectivity index (χ0n) is 11.2. The van der Waals surface area contributed by atoms with E-state index in [1.54, 1.807) is 0 Å². The van der Waals surface area contributed by atoms with Crippen molar-refractivity contribution in [1.82, 2.24) is 5.32 Å². The van der Waals surface area contributed by atoms with E-state index in [0.717, 1.165) is 18.8 Å². The van der Waals surface area contributed by atoms with Crippen LogP contribution in [0.5, 0.6) is 0 Å². The standard InChI is InChI=1S/C13H25NO2/c1-9-6-7-11(8-10(9)2)14-12(15)16-13(3,4)5/h9-11H,6-8H2,1-5H3,(H,14,15)/t9-,10+,11+/m1/s1. The van der Waals surface area contributed by atoms with Gasteiger partial charge in [0, 0.05) is 6.04 Å². The number of hydrogen-bond acceptors (Lipinski definition) is 2. The van der Waals surface area contributed by atoms with Crippen LogP contribution < -0.4 is 5.32 Å². The van der Waals surface area contributed by atoms with Crippen LogP contribution >= 0.6 is 0 Å². The molecule has 0 aromatic rings. The van der Waals surface area contributed by atoms with E-state index >= 15 is 0 Å². The van der Waals surface area contributed by atoms with Gasteiger partial charge in [0.2, 0.25) is 0 Å². The van der Waals surface area contributed by atoms with Crippen LogP contribution in [0.4, 0.5) is 4.79 Å². The van der Waals surface area contributed by atoms with Crippen LogP contribution in [0.2, 0.25) is 0 Å². The van der Waals surface area contributed by atoms with Gasteiger partial charge in [0.05, 0.1) is 0 Å². The maximum atomic E-state index is 11.6. The van der Waals surface area contributed by atoms with E-state index in [0.29, 0.717) is 12.0 Å². The number of amides is 1. The zero-order chi connectivity index (χ0) is 12.3. The minimum Gasteiger partial charge on any atom is -0.444 e. The highest BCUT2D eigenvalue weighted by atomic mass is 16.6. The Morgan fingerprint density at radius 2 is 1.81 bits per heavy atom. The number of nitrogens with one attached hydrogen (secondary N) is 1. The quantitative estimate of drug-likeness (QED) is 0.746. The van der Waals surface area contributed by atoms with Crippen molar-refractivity contribution in [3.8, 4) is 0 Å². The molecule has 1 aliphatic carbocycles. The lowest BCUT2D eigenvalue weighted by molar-refractivity contribution is 0.0477. The minimum absolute atomic E-state index is 0.278. The Balaban J connectivity index is 2.35. The Bertz CT molecular complexity index is 245. The molecule has 0 aliphatic heterocycles. The molecule has 1 aliphatic rings. The molecule has 0 bridgehead atoms. The summed E-state index contributed by atoms with van der Waals surface area (Å²) in [5.41, 5.74) is -0.405. The molecule has 1 saturated carbocycles. The van der Waals surface area contributed by atoms with Crippen LogP contribution in [-0.2, 0) is 4.74 Å². The van der Waals surface area contributed by atoms with Crippen LogP contribution in [-0.4, -0.2) is 17.7 Å². The first-order valence-corrected chi connectivity index (χ1v) is 6.27. The Morgan fingerprint density at radius 3 is 2.31 bits per heavy atom. The summed E-state index contributed by atoms with van der Waals surface area (Å²) in [6, 6.07) is 0.293. The Kier molecular flexibility index (Phi) is 4.22. The monoisotopic (exact) mass is 227 g/mol. The molecule has 1 rings (SSSR count). The molecule has 0 saturated heterocycles. The normalized spacial score (nSPS) is 30.9. The summed E-state index contributed by atoms with van der Waals surface area (Å²) in [5.74, 6) is 1.46. The number of hydrogen-bond donors (Lipinski definition) is 1. The maximum absolute atomic E-state index is 11.6. The van der Waals surface area contributed by atoms with E-state index in [4.69, 9.17) is 4.74 Å². The molecule has 0 unspecified atom stereocenters. The second-order valence-corrected chi connectivity index (χ2v) is 6.11. The van der Waals surface area contributed by atoms with Gasteiger partial charge in [0.25, 0.3) is 0 Å². The first-order chi connectivity index (χ1) is 7.28. The van der Waals surface area contributed by atoms with Gasteiger partial charge in [-0.1, -0.05) is 13.8 Å². The third-order valence-electron chi connectivity index (χ3n) is 3.32. The molecule has 1 N–H and O–H groups in total. The summed E-state index contributed by atoms with van der Waals surface area (Å²) in [5, 5.41) is 2.97. The molecular weight excluding hydrogens is 202 g/mol. The van der Waals surface area contributed by atoms with E-state index < -0.39 is 5.60 Å². The van der Waals surface area contributed by atoms with Crippen LogP contribution in [0.1, 0.15) is 53.9 Å². The zero-order valence-corrected chi connectivity index (χ0v) is 11.2. The van der Waals surface area contributed by atoms with Crippen molar-refractivity contribution >= 4 is 6.09 Å². The van der Waals surface area contributed by atoms with Gasteiger partial charge in [-0.3, -0.25) is 0 Å². The fourth-order valence-electron chi connectivity index (χ4n) is 2.15. The molecule has 0 heterocycles. The van der Waals surface area contributed by atoms with Gasteiger partial charge in [-0.25, -0.2) is 4.79 Å². The van der Waals surface area contributed by atoms with Crippen molar-refractivity contribution in [1.29, 1.82) is 0 Å². The highest BCUT2D eigenvalue weighted by Crippen LogP contribution is 2.29. The van der Waals surface area contributed by atoms with E-state index in [1.807, 2.05) is 20.8 Å². The highest BCUT2D eigenvalue weighted by Gasteiger charge is 2.26. The third-order valence-corrected chi connectivity index (χ3v) is 3.32. The highest BCUT2D eigenvalue weighted by molar-refractivity contribution is 5.68. The van der Waals surface area contributed by atoms with Crippen LogP contribution in [0.25, 0.3) is 0 Å². The number of carbonyl (C=O) groups excluding carboxylic acids is 1. The lowest BCUT2D eigenvalue weighted by Gasteiger charge is -2.33. The SMILES string of the molecule is C[C@@H]1CC[C@H](NC(=O)OC(C)(C)C)C[C@@H]1C. The number of rotatable bonds is 1. The average Bonchev–Trinajstić information content (AvgIpc) is 2.08. The second-order valence-electron chi connectivity index (χ2n) is 6.11. The molecule has 0 aromatic carbocycles. The Hall–Kier alpha value is -0.730. The molecule has 0 radical (unpaired) electrons. The molecule has 3 heteroatoms. The number of ether oxygens (including phenoxy) is 1. The van der Waals surface area contributed by atoms with Gasteiger partial charge in [-0.15, -0.1) is 0 Å². The predicted octanol–water partition coefficient (Wildman–Crippen LogP) is 3.34. The van der Waals surface area contributed by atoms with E-state index in [-0.39, 0.29) is 6.09 Å². The van der Waals surface area contributed by atoms with Gasteiger partial charge in [0.1, 0.15) is 5.60 Å². The largest absolute Gasteiger partial charge is 0.444 e. The smallest absolute Gasteiger partial charge is 0.407 e. The van der Waals surface area contributed by atoms with E-state index in [1.165, 1.54) is 6.42 Å². The van der Waals surface area contributed by atoms with Crippen LogP contribution in [0.15, 0.2) is 0 Å². The summed E-state index contributed by atoms with van der Waals surface area (Å²) in [4.78, 5) is 11.6. The lowest BCUT2D eigenvalue weighted by Crippen LogP contribution is -2.42. The fraction of sp³-hybridized carbons (Fsp3) is 0.923. The molecule has 0 aromatic heterocycles. The van der Waals surface area contributed by atoms with Gasteiger partial charge in [-0.05, 0) is 51.9 Å². The van der Waals surface area contributed by atoms with Gasteiger partial charge in [-0.2, -0.15) is 0 Å². The minimum atomic E-state index is -0.405. The first kappa shape index (κ1) is 13.3. The summed E-state index contributed by atoms with van der Waals surface area (Å²) < 4.78 is 5.25. The molecule has 94 valence electrons. The Morgan fingerprint density at radius 1 is 1.19 bits per heavy atom. The fourth-order valence-corrected chi connectivity index (χ4v) is 2.15. The molecular formula is C13H25NO2. The summed E-state index contributed by atoms with van der Waals surface area (Å²) in [6.07, 6.45) is 3.06. The topological polar surface area (TPSA) is 38.3 Å². The van der Waals surface area contributed by atoms with Crippen molar-refractivity contribution in [2.45, 2.75) is 65.5 Å². The van der Waals surface area contributed by atoms with E-state index in [2.05, 4.69) is 19.2 Å². The first-order valence-electron chi connectivity index (χ1n) is 6.27. The third kappa shape index (κ3) is 4.42. The lowest BCUT2D eigenvalue weighted by atomic mass is 9.79. The maximum Gasteiger partial charge on any atom is 0.407 e. The van der Waals surface area contributed by atoms with Crippen LogP contribution in [0, 0.1) is 11.8 Å². The van der Waals surface area contributed by atoms with Crippen molar-refractivity contribution in [3.63, 3.8) is 0 Å². The molecule has 0 spiro atoms. The summed E-state index contributed by atoms with van der Waals surface area (Å²) >= 11 is 0. The van der Waals surface area contributed by atoms with Gasteiger partial charge >= 0.3 is 6.09 Å². The molecule has 3 atom stereocenters. The number of carbonyl (C=O) groups is 1. The van der Waals surface area contributed by atoms with Crippen molar-refractivity contribution in [2.24, 2.45) is 11.8 Å².